The van der Waals surface area contributed by atoms with Crippen LogP contribution in [0.3, 0.4) is 0 Å². The Morgan fingerprint density at radius 2 is 2.17 bits per heavy atom. The quantitative estimate of drug-likeness (QED) is 0.805. The smallest absolute Gasteiger partial charge is 0.356 e. The molecule has 0 aromatic carbocycles. The van der Waals surface area contributed by atoms with Gasteiger partial charge >= 0.3 is 5.97 Å². The maximum atomic E-state index is 10.6. The van der Waals surface area contributed by atoms with Crippen molar-refractivity contribution in [3.8, 4) is 0 Å². The van der Waals surface area contributed by atoms with Crippen molar-refractivity contribution in [3.63, 3.8) is 0 Å². The van der Waals surface area contributed by atoms with Gasteiger partial charge < -0.3 is 10.4 Å². The van der Waals surface area contributed by atoms with Crippen LogP contribution in [0.4, 0.5) is 5.82 Å². The summed E-state index contributed by atoms with van der Waals surface area (Å²) in [6.45, 7) is 0.935. The van der Waals surface area contributed by atoms with Gasteiger partial charge in [-0.1, -0.05) is 12.8 Å². The zero-order valence-corrected chi connectivity index (χ0v) is 10.2. The minimum absolute atomic E-state index is 0.0142. The standard InChI is InChI=1S/C13H17N3O2/c17-12(18)10-6-15-11(7-14-10)16-8-13(3-4-13)5-9-1-2-9/h6-7,9H,1-5,8H2,(H,15,16)(H,17,18). The van der Waals surface area contributed by atoms with E-state index in [-0.39, 0.29) is 5.69 Å². The van der Waals surface area contributed by atoms with Crippen LogP contribution >= 0.6 is 0 Å². The number of hydrogen-bond donors (Lipinski definition) is 2. The molecule has 0 saturated heterocycles. The highest BCUT2D eigenvalue weighted by Gasteiger charge is 2.45. The minimum Gasteiger partial charge on any atom is -0.476 e. The van der Waals surface area contributed by atoms with Crippen LogP contribution in [0.1, 0.15) is 42.6 Å². The Kier molecular flexibility index (Phi) is 2.69. The fourth-order valence-electron chi connectivity index (χ4n) is 2.37. The molecule has 18 heavy (non-hydrogen) atoms. The van der Waals surface area contributed by atoms with Crippen LogP contribution in [0.5, 0.6) is 0 Å². The molecule has 1 aromatic heterocycles. The lowest BCUT2D eigenvalue weighted by atomic mass is 9.99. The number of nitrogens with one attached hydrogen (secondary N) is 1. The molecule has 0 bridgehead atoms. The molecule has 0 spiro atoms. The van der Waals surface area contributed by atoms with Gasteiger partial charge in [0.25, 0.3) is 0 Å². The number of nitrogens with zero attached hydrogens (tertiary/aromatic N) is 2. The van der Waals surface area contributed by atoms with Crippen molar-refractivity contribution in [1.29, 1.82) is 0 Å². The van der Waals surface area contributed by atoms with Gasteiger partial charge in [-0.15, -0.1) is 0 Å². The van der Waals surface area contributed by atoms with Gasteiger partial charge in [0.2, 0.25) is 0 Å². The average molecular weight is 247 g/mol. The van der Waals surface area contributed by atoms with E-state index in [0.717, 1.165) is 12.5 Å². The number of carbonyl (C=O) groups is 1. The molecule has 2 fully saturated rings. The summed E-state index contributed by atoms with van der Waals surface area (Å²) in [5.41, 5.74) is 0.466. The molecule has 2 N–H and O–H groups in total. The third-order valence-electron chi connectivity index (χ3n) is 3.89. The molecular formula is C13H17N3O2. The molecule has 2 aliphatic carbocycles. The number of rotatable bonds is 6. The first-order chi connectivity index (χ1) is 8.67. The van der Waals surface area contributed by atoms with E-state index in [0.29, 0.717) is 11.2 Å². The number of carboxylic acid groups (broad SMARTS) is 1. The molecule has 0 radical (unpaired) electrons. The van der Waals surface area contributed by atoms with Crippen molar-refractivity contribution in [2.24, 2.45) is 11.3 Å². The predicted molar refractivity (Wildman–Crippen MR) is 66.5 cm³/mol. The van der Waals surface area contributed by atoms with E-state index in [9.17, 15) is 4.79 Å². The lowest BCUT2D eigenvalue weighted by Gasteiger charge is -2.15. The van der Waals surface area contributed by atoms with E-state index in [1.807, 2.05) is 0 Å². The Balaban J connectivity index is 1.54. The first kappa shape index (κ1) is 11.4. The van der Waals surface area contributed by atoms with Gasteiger partial charge in [0.1, 0.15) is 5.82 Å². The summed E-state index contributed by atoms with van der Waals surface area (Å²) in [6.07, 6.45) is 9.53. The molecule has 2 saturated carbocycles. The Morgan fingerprint density at radius 1 is 1.39 bits per heavy atom. The van der Waals surface area contributed by atoms with Crippen LogP contribution in [0.2, 0.25) is 0 Å². The molecule has 1 heterocycles. The predicted octanol–water partition coefficient (Wildman–Crippen LogP) is 2.17. The number of carboxylic acids is 1. The maximum Gasteiger partial charge on any atom is 0.356 e. The summed E-state index contributed by atoms with van der Waals surface area (Å²) < 4.78 is 0. The minimum atomic E-state index is -1.04. The summed E-state index contributed by atoms with van der Waals surface area (Å²) in [5.74, 6) is 0.582. The van der Waals surface area contributed by atoms with E-state index >= 15 is 0 Å². The average Bonchev–Trinajstić information content (AvgIpc) is 3.27. The molecule has 5 nitrogen and oxygen atoms in total. The van der Waals surface area contributed by atoms with Crippen molar-refractivity contribution >= 4 is 11.8 Å². The molecule has 0 amide bonds. The molecule has 1 aromatic rings. The SMILES string of the molecule is O=C(O)c1cnc(NCC2(CC3CC3)CC2)cn1. The van der Waals surface area contributed by atoms with Crippen LogP contribution in [0, 0.1) is 11.3 Å². The van der Waals surface area contributed by atoms with Crippen LogP contribution in [0.15, 0.2) is 12.4 Å². The second-order valence-corrected chi connectivity index (χ2v) is 5.59. The molecule has 3 rings (SSSR count). The maximum absolute atomic E-state index is 10.6. The van der Waals surface area contributed by atoms with Crippen LogP contribution < -0.4 is 5.32 Å². The van der Waals surface area contributed by atoms with E-state index < -0.39 is 5.97 Å². The third-order valence-corrected chi connectivity index (χ3v) is 3.89. The van der Waals surface area contributed by atoms with Gasteiger partial charge in [0.15, 0.2) is 5.69 Å². The van der Waals surface area contributed by atoms with Crippen molar-refractivity contribution in [3.05, 3.63) is 18.1 Å². The number of anilines is 1. The second kappa shape index (κ2) is 4.23. The van der Waals surface area contributed by atoms with Crippen molar-refractivity contribution in [1.82, 2.24) is 9.97 Å². The second-order valence-electron chi connectivity index (χ2n) is 5.59. The monoisotopic (exact) mass is 247 g/mol. The summed E-state index contributed by atoms with van der Waals surface area (Å²) in [5, 5.41) is 12.0. The molecule has 96 valence electrons. The zero-order valence-electron chi connectivity index (χ0n) is 10.2. The molecular weight excluding hydrogens is 230 g/mol. The van der Waals surface area contributed by atoms with Crippen LogP contribution in [-0.2, 0) is 0 Å². The van der Waals surface area contributed by atoms with Crippen LogP contribution in [0.25, 0.3) is 0 Å². The Labute approximate surface area is 106 Å². The highest BCUT2D eigenvalue weighted by Crippen LogP contribution is 2.54. The fraction of sp³-hybridized carbons (Fsp3) is 0.615. The van der Waals surface area contributed by atoms with E-state index in [2.05, 4.69) is 15.3 Å². The lowest BCUT2D eigenvalue weighted by Crippen LogP contribution is -2.17. The highest BCUT2D eigenvalue weighted by atomic mass is 16.4. The van der Waals surface area contributed by atoms with E-state index in [1.165, 1.54) is 44.5 Å². The Bertz CT molecular complexity index is 450. The summed E-state index contributed by atoms with van der Waals surface area (Å²) in [7, 11) is 0. The van der Waals surface area contributed by atoms with Crippen LogP contribution in [-0.4, -0.2) is 27.6 Å². The Morgan fingerprint density at radius 3 is 2.67 bits per heavy atom. The number of hydrogen-bond acceptors (Lipinski definition) is 4. The van der Waals surface area contributed by atoms with Gasteiger partial charge in [0.05, 0.1) is 12.4 Å². The zero-order chi connectivity index (χ0) is 12.6. The summed E-state index contributed by atoms with van der Waals surface area (Å²) in [6, 6.07) is 0. The van der Waals surface area contributed by atoms with Crippen molar-refractivity contribution in [2.45, 2.75) is 32.1 Å². The largest absolute Gasteiger partial charge is 0.476 e. The van der Waals surface area contributed by atoms with Gasteiger partial charge in [0, 0.05) is 6.54 Å². The summed E-state index contributed by atoms with van der Waals surface area (Å²) in [4.78, 5) is 18.6. The van der Waals surface area contributed by atoms with E-state index in [4.69, 9.17) is 5.11 Å². The van der Waals surface area contributed by atoms with E-state index in [1.54, 1.807) is 0 Å². The normalized spacial score (nSPS) is 20.4. The lowest BCUT2D eigenvalue weighted by molar-refractivity contribution is 0.0690. The molecule has 2 aliphatic rings. The van der Waals surface area contributed by atoms with Crippen molar-refractivity contribution < 1.29 is 9.90 Å². The summed E-state index contributed by atoms with van der Waals surface area (Å²) >= 11 is 0. The van der Waals surface area contributed by atoms with Gasteiger partial charge in [-0.3, -0.25) is 0 Å². The molecule has 5 heteroatoms. The molecule has 0 atom stereocenters. The number of aromatic nitrogens is 2. The highest BCUT2D eigenvalue weighted by molar-refractivity contribution is 5.84. The van der Waals surface area contributed by atoms with Gasteiger partial charge in [-0.25, -0.2) is 14.8 Å². The van der Waals surface area contributed by atoms with Gasteiger partial charge in [-0.05, 0) is 30.6 Å². The molecule has 0 aliphatic heterocycles. The Hall–Kier alpha value is -1.65. The fourth-order valence-corrected chi connectivity index (χ4v) is 2.37. The first-order valence-corrected chi connectivity index (χ1v) is 6.46. The number of aromatic carboxylic acids is 1. The van der Waals surface area contributed by atoms with Gasteiger partial charge in [-0.2, -0.15) is 0 Å². The topological polar surface area (TPSA) is 75.1 Å². The third kappa shape index (κ3) is 2.60. The van der Waals surface area contributed by atoms with Crippen molar-refractivity contribution in [2.75, 3.05) is 11.9 Å². The molecule has 0 unspecified atom stereocenters. The first-order valence-electron chi connectivity index (χ1n) is 6.46.